The quantitative estimate of drug-likeness (QED) is 0.570. The molecular formula is C23H23NO4. The SMILES string of the molecule is O=C1CCCC(COCc2ccco2)N1c1ccc(Oc2ccccc2)cc1. The zero-order valence-corrected chi connectivity index (χ0v) is 15.6. The van der Waals surface area contributed by atoms with E-state index in [-0.39, 0.29) is 11.9 Å². The number of amides is 1. The molecule has 0 spiro atoms. The Hall–Kier alpha value is -3.05. The van der Waals surface area contributed by atoms with Crippen LogP contribution in [0.2, 0.25) is 0 Å². The number of piperidine rings is 1. The molecule has 0 saturated carbocycles. The summed E-state index contributed by atoms with van der Waals surface area (Å²) in [5, 5.41) is 0. The van der Waals surface area contributed by atoms with Gasteiger partial charge in [0, 0.05) is 12.1 Å². The summed E-state index contributed by atoms with van der Waals surface area (Å²) in [6.45, 7) is 0.893. The van der Waals surface area contributed by atoms with Gasteiger partial charge in [0.1, 0.15) is 23.9 Å². The number of para-hydroxylation sites is 1. The largest absolute Gasteiger partial charge is 0.467 e. The van der Waals surface area contributed by atoms with Gasteiger partial charge in [-0.15, -0.1) is 0 Å². The molecule has 5 heteroatoms. The lowest BCUT2D eigenvalue weighted by Crippen LogP contribution is -2.46. The van der Waals surface area contributed by atoms with Crippen molar-refractivity contribution in [2.45, 2.75) is 31.9 Å². The minimum Gasteiger partial charge on any atom is -0.467 e. The fraction of sp³-hybridized carbons (Fsp3) is 0.261. The maximum Gasteiger partial charge on any atom is 0.227 e. The molecule has 1 aliphatic heterocycles. The molecule has 0 N–H and O–H groups in total. The lowest BCUT2D eigenvalue weighted by molar-refractivity contribution is -0.120. The number of furan rings is 1. The number of hydrogen-bond acceptors (Lipinski definition) is 4. The van der Waals surface area contributed by atoms with E-state index in [1.807, 2.05) is 71.6 Å². The van der Waals surface area contributed by atoms with Crippen LogP contribution in [-0.2, 0) is 16.1 Å². The van der Waals surface area contributed by atoms with E-state index in [9.17, 15) is 4.79 Å². The maximum absolute atomic E-state index is 12.6. The third-order valence-electron chi connectivity index (χ3n) is 4.79. The van der Waals surface area contributed by atoms with Crippen molar-refractivity contribution in [2.24, 2.45) is 0 Å². The molecule has 5 nitrogen and oxygen atoms in total. The number of nitrogens with zero attached hydrogens (tertiary/aromatic N) is 1. The molecule has 1 saturated heterocycles. The van der Waals surface area contributed by atoms with Gasteiger partial charge >= 0.3 is 0 Å². The standard InChI is InChI=1S/C23H23NO4/c25-23-10-4-6-19(16-26-17-22-9-5-15-27-22)24(23)18-11-13-21(14-12-18)28-20-7-2-1-3-8-20/h1-3,5,7-9,11-15,19H,4,6,10,16-17H2. The van der Waals surface area contributed by atoms with Gasteiger partial charge in [0.05, 0.1) is 18.9 Å². The van der Waals surface area contributed by atoms with Gasteiger partial charge in [-0.1, -0.05) is 18.2 Å². The molecule has 3 aromatic rings. The predicted molar refractivity (Wildman–Crippen MR) is 106 cm³/mol. The van der Waals surface area contributed by atoms with E-state index in [0.29, 0.717) is 19.6 Å². The van der Waals surface area contributed by atoms with E-state index in [1.54, 1.807) is 6.26 Å². The van der Waals surface area contributed by atoms with E-state index in [1.165, 1.54) is 0 Å². The summed E-state index contributed by atoms with van der Waals surface area (Å²) in [5.41, 5.74) is 0.872. The second-order valence-electron chi connectivity index (χ2n) is 6.81. The molecule has 4 rings (SSSR count). The molecule has 2 heterocycles. The van der Waals surface area contributed by atoms with Crippen molar-refractivity contribution in [2.75, 3.05) is 11.5 Å². The Morgan fingerprint density at radius 3 is 2.50 bits per heavy atom. The highest BCUT2D eigenvalue weighted by Gasteiger charge is 2.29. The number of carbonyl (C=O) groups excluding carboxylic acids is 1. The van der Waals surface area contributed by atoms with Gasteiger partial charge in [-0.2, -0.15) is 0 Å². The Bertz CT molecular complexity index is 875. The molecular weight excluding hydrogens is 354 g/mol. The molecule has 1 fully saturated rings. The molecule has 2 aromatic carbocycles. The van der Waals surface area contributed by atoms with Crippen molar-refractivity contribution in [3.63, 3.8) is 0 Å². The Kier molecular flexibility index (Phi) is 5.73. The highest BCUT2D eigenvalue weighted by Crippen LogP contribution is 2.29. The van der Waals surface area contributed by atoms with Crippen LogP contribution in [-0.4, -0.2) is 18.6 Å². The van der Waals surface area contributed by atoms with Crippen LogP contribution >= 0.6 is 0 Å². The third-order valence-corrected chi connectivity index (χ3v) is 4.79. The van der Waals surface area contributed by atoms with Crippen molar-refractivity contribution in [3.8, 4) is 11.5 Å². The fourth-order valence-electron chi connectivity index (χ4n) is 3.44. The average molecular weight is 377 g/mol. The van der Waals surface area contributed by atoms with Crippen LogP contribution in [0, 0.1) is 0 Å². The van der Waals surface area contributed by atoms with Crippen LogP contribution < -0.4 is 9.64 Å². The van der Waals surface area contributed by atoms with Gasteiger partial charge in [0.25, 0.3) is 0 Å². The number of benzene rings is 2. The Morgan fingerprint density at radius 2 is 1.75 bits per heavy atom. The number of anilines is 1. The first kappa shape index (κ1) is 18.3. The van der Waals surface area contributed by atoms with Crippen molar-refractivity contribution in [1.29, 1.82) is 0 Å². The molecule has 1 unspecified atom stereocenters. The topological polar surface area (TPSA) is 51.9 Å². The maximum atomic E-state index is 12.6. The van der Waals surface area contributed by atoms with Crippen LogP contribution in [0.4, 0.5) is 5.69 Å². The third kappa shape index (κ3) is 4.43. The summed E-state index contributed by atoms with van der Waals surface area (Å²) < 4.78 is 16.9. The van der Waals surface area contributed by atoms with Crippen molar-refractivity contribution in [3.05, 3.63) is 78.8 Å². The summed E-state index contributed by atoms with van der Waals surface area (Å²) in [6.07, 6.45) is 4.01. The predicted octanol–water partition coefficient (Wildman–Crippen LogP) is 5.17. The zero-order chi connectivity index (χ0) is 19.2. The number of carbonyl (C=O) groups is 1. The summed E-state index contributed by atoms with van der Waals surface area (Å²) in [6, 6.07) is 21.0. The lowest BCUT2D eigenvalue weighted by Gasteiger charge is -2.35. The van der Waals surface area contributed by atoms with E-state index >= 15 is 0 Å². The summed E-state index contributed by atoms with van der Waals surface area (Å²) in [5.74, 6) is 2.45. The van der Waals surface area contributed by atoms with Gasteiger partial charge in [-0.3, -0.25) is 4.79 Å². The molecule has 1 amide bonds. The van der Waals surface area contributed by atoms with E-state index in [2.05, 4.69) is 0 Å². The Balaban J connectivity index is 1.42. The summed E-state index contributed by atoms with van der Waals surface area (Å²) in [7, 11) is 0. The van der Waals surface area contributed by atoms with Gasteiger partial charge in [0.15, 0.2) is 0 Å². The lowest BCUT2D eigenvalue weighted by atomic mass is 10.0. The second kappa shape index (κ2) is 8.76. The summed E-state index contributed by atoms with van der Waals surface area (Å²) >= 11 is 0. The zero-order valence-electron chi connectivity index (χ0n) is 15.6. The smallest absolute Gasteiger partial charge is 0.227 e. The minimum absolute atomic E-state index is 0.0251. The van der Waals surface area contributed by atoms with Gasteiger partial charge in [0.2, 0.25) is 5.91 Å². The molecule has 144 valence electrons. The van der Waals surface area contributed by atoms with Crippen LogP contribution in [0.15, 0.2) is 77.4 Å². The van der Waals surface area contributed by atoms with Crippen LogP contribution in [0.3, 0.4) is 0 Å². The summed E-state index contributed by atoms with van der Waals surface area (Å²) in [4.78, 5) is 14.5. The molecule has 1 aromatic heterocycles. The van der Waals surface area contributed by atoms with Gasteiger partial charge < -0.3 is 18.8 Å². The molecule has 1 atom stereocenters. The first-order chi connectivity index (χ1) is 13.8. The fourth-order valence-corrected chi connectivity index (χ4v) is 3.44. The monoisotopic (exact) mass is 377 g/mol. The molecule has 1 aliphatic rings. The highest BCUT2D eigenvalue weighted by molar-refractivity contribution is 5.94. The molecule has 0 aliphatic carbocycles. The van der Waals surface area contributed by atoms with Crippen molar-refractivity contribution < 1.29 is 18.7 Å². The molecule has 0 bridgehead atoms. The Labute approximate surface area is 164 Å². The average Bonchev–Trinajstić information content (AvgIpc) is 3.23. The van der Waals surface area contributed by atoms with Crippen LogP contribution in [0.5, 0.6) is 11.5 Å². The first-order valence-electron chi connectivity index (χ1n) is 9.55. The molecule has 0 radical (unpaired) electrons. The van der Waals surface area contributed by atoms with Crippen molar-refractivity contribution in [1.82, 2.24) is 0 Å². The normalized spacial score (nSPS) is 16.9. The van der Waals surface area contributed by atoms with Gasteiger partial charge in [-0.25, -0.2) is 0 Å². The van der Waals surface area contributed by atoms with E-state index < -0.39 is 0 Å². The minimum atomic E-state index is 0.0251. The van der Waals surface area contributed by atoms with Crippen LogP contribution in [0.25, 0.3) is 0 Å². The number of rotatable bonds is 7. The first-order valence-corrected chi connectivity index (χ1v) is 9.55. The second-order valence-corrected chi connectivity index (χ2v) is 6.81. The molecule has 28 heavy (non-hydrogen) atoms. The van der Waals surface area contributed by atoms with E-state index in [0.717, 1.165) is 35.8 Å². The van der Waals surface area contributed by atoms with E-state index in [4.69, 9.17) is 13.9 Å². The van der Waals surface area contributed by atoms with Crippen LogP contribution in [0.1, 0.15) is 25.0 Å². The number of ether oxygens (including phenoxy) is 2. The van der Waals surface area contributed by atoms with Crippen molar-refractivity contribution >= 4 is 11.6 Å². The number of hydrogen-bond donors (Lipinski definition) is 0. The van der Waals surface area contributed by atoms with Gasteiger partial charge in [-0.05, 0) is 61.4 Å². The highest BCUT2D eigenvalue weighted by atomic mass is 16.5. The Morgan fingerprint density at radius 1 is 0.964 bits per heavy atom.